The van der Waals surface area contributed by atoms with Crippen LogP contribution in [0.15, 0.2) is 70.5 Å². The molecule has 0 spiro atoms. The number of nitrogens with zero attached hydrogens (tertiary/aromatic N) is 1. The molecule has 0 bridgehead atoms. The first-order valence-electron chi connectivity index (χ1n) is 11.9. The van der Waals surface area contributed by atoms with E-state index >= 15 is 0 Å². The molecule has 0 aromatic heterocycles. The predicted octanol–water partition coefficient (Wildman–Crippen LogP) is 5.99. The molecule has 0 aliphatic carbocycles. The molecule has 2 N–H and O–H groups in total. The molecular formula is C27H21Cl2N3O5S2. The van der Waals surface area contributed by atoms with Crippen LogP contribution in [-0.4, -0.2) is 25.5 Å². The number of imide groups is 1. The number of fused-ring (bicyclic) bond motifs is 1. The maximum absolute atomic E-state index is 13.7. The van der Waals surface area contributed by atoms with E-state index in [9.17, 15) is 22.8 Å². The molecule has 12 heteroatoms. The lowest BCUT2D eigenvalue weighted by atomic mass is 10.1. The Hall–Kier alpha value is -3.31. The van der Waals surface area contributed by atoms with Crippen LogP contribution in [0.5, 0.6) is 0 Å². The van der Waals surface area contributed by atoms with E-state index in [1.807, 2.05) is 19.1 Å². The second-order valence-corrected chi connectivity index (χ2v) is 12.4. The normalized spacial score (nSPS) is 17.0. The Labute approximate surface area is 239 Å². The van der Waals surface area contributed by atoms with E-state index in [1.165, 1.54) is 23.1 Å². The molecule has 1 fully saturated rings. The summed E-state index contributed by atoms with van der Waals surface area (Å²) in [6.45, 7) is 2.08. The van der Waals surface area contributed by atoms with Crippen LogP contribution >= 0.6 is 35.0 Å². The number of sulfonamides is 1. The monoisotopic (exact) mass is 601 g/mol. The first kappa shape index (κ1) is 27.3. The number of para-hydroxylation sites is 1. The molecule has 39 heavy (non-hydrogen) atoms. The number of halogens is 2. The molecule has 3 aromatic rings. The van der Waals surface area contributed by atoms with Crippen LogP contribution in [-0.2, 0) is 32.6 Å². The lowest BCUT2D eigenvalue weighted by Crippen LogP contribution is -2.26. The number of benzene rings is 3. The highest BCUT2D eigenvalue weighted by atomic mass is 35.5. The molecule has 0 saturated carbocycles. The average molecular weight is 603 g/mol. The zero-order valence-electron chi connectivity index (χ0n) is 20.5. The van der Waals surface area contributed by atoms with E-state index in [1.54, 1.807) is 30.3 Å². The molecule has 3 aromatic carbocycles. The van der Waals surface area contributed by atoms with Crippen LogP contribution in [0.1, 0.15) is 30.0 Å². The van der Waals surface area contributed by atoms with Crippen molar-refractivity contribution < 1.29 is 22.8 Å². The fourth-order valence-electron chi connectivity index (χ4n) is 4.46. The molecule has 2 heterocycles. The average Bonchev–Trinajstić information content (AvgIpc) is 3.36. The Morgan fingerprint density at radius 2 is 1.74 bits per heavy atom. The number of hydrogen-bond acceptors (Lipinski definition) is 6. The first-order valence-corrected chi connectivity index (χ1v) is 14.9. The molecule has 2 aliphatic heterocycles. The van der Waals surface area contributed by atoms with Crippen molar-refractivity contribution in [1.29, 1.82) is 0 Å². The van der Waals surface area contributed by atoms with Gasteiger partial charge in [0, 0.05) is 5.56 Å². The van der Waals surface area contributed by atoms with Crippen LogP contribution < -0.4 is 14.9 Å². The summed E-state index contributed by atoms with van der Waals surface area (Å²) in [7, 11) is -4.06. The smallest absolute Gasteiger partial charge is 0.290 e. The second kappa shape index (κ2) is 10.7. The van der Waals surface area contributed by atoms with Crippen LogP contribution in [0.4, 0.5) is 16.2 Å². The number of nitrogens with one attached hydrogen (secondary N) is 2. The van der Waals surface area contributed by atoms with Gasteiger partial charge >= 0.3 is 0 Å². The number of rotatable bonds is 7. The van der Waals surface area contributed by atoms with E-state index < -0.39 is 27.1 Å². The molecular weight excluding hydrogens is 581 g/mol. The van der Waals surface area contributed by atoms with Crippen molar-refractivity contribution in [1.82, 2.24) is 5.32 Å². The van der Waals surface area contributed by atoms with Gasteiger partial charge in [-0.05, 0) is 65.7 Å². The Kier molecular flexibility index (Phi) is 7.47. The highest BCUT2D eigenvalue weighted by molar-refractivity contribution is 8.18. The molecule has 0 unspecified atom stereocenters. The maximum atomic E-state index is 13.7. The molecule has 5 rings (SSSR count). The summed E-state index contributed by atoms with van der Waals surface area (Å²) in [4.78, 5) is 39.4. The Morgan fingerprint density at radius 1 is 0.974 bits per heavy atom. The quantitative estimate of drug-likeness (QED) is 0.322. The topological polar surface area (TPSA) is 113 Å². The van der Waals surface area contributed by atoms with Crippen molar-refractivity contribution in [3.05, 3.63) is 92.3 Å². The van der Waals surface area contributed by atoms with E-state index in [0.29, 0.717) is 45.2 Å². The van der Waals surface area contributed by atoms with Crippen LogP contribution in [0.25, 0.3) is 5.57 Å². The van der Waals surface area contributed by atoms with E-state index in [4.69, 9.17) is 23.2 Å². The lowest BCUT2D eigenvalue weighted by Gasteiger charge is -2.18. The lowest BCUT2D eigenvalue weighted by molar-refractivity contribution is -0.116. The zero-order valence-corrected chi connectivity index (χ0v) is 23.6. The summed E-state index contributed by atoms with van der Waals surface area (Å²) in [5.41, 5.74) is 2.58. The maximum Gasteiger partial charge on any atom is 0.290 e. The fraction of sp³-hybridized carbons (Fsp3) is 0.148. The number of amides is 3. The van der Waals surface area contributed by atoms with Gasteiger partial charge in [-0.15, -0.1) is 0 Å². The standard InChI is InChI=1S/C27H21Cl2N3O5S2/c1-2-5-16-6-3-4-7-21(16)31-39(36,37)17-9-11-22-18(13-17)23(24-25(33)30-27(35)38-24)26(34)32(22)14-15-8-10-19(28)20(29)12-15/h3-4,6-13,31H,2,5,14H2,1H3,(H,30,33,35)/b24-23+. The highest BCUT2D eigenvalue weighted by Crippen LogP contribution is 2.44. The number of hydrogen-bond donors (Lipinski definition) is 2. The first-order chi connectivity index (χ1) is 18.6. The molecule has 8 nitrogen and oxygen atoms in total. The highest BCUT2D eigenvalue weighted by Gasteiger charge is 2.40. The van der Waals surface area contributed by atoms with Crippen LogP contribution in [0.2, 0.25) is 10.0 Å². The Morgan fingerprint density at radius 3 is 2.44 bits per heavy atom. The summed E-state index contributed by atoms with van der Waals surface area (Å²) in [6.07, 6.45) is 1.53. The van der Waals surface area contributed by atoms with Gasteiger partial charge in [-0.3, -0.25) is 24.4 Å². The Bertz CT molecular complexity index is 1690. The number of thioether (sulfide) groups is 1. The second-order valence-electron chi connectivity index (χ2n) is 8.88. The molecule has 1 saturated heterocycles. The zero-order chi connectivity index (χ0) is 27.9. The SMILES string of the molecule is CCCc1ccccc1NS(=O)(=O)c1ccc2c(c1)/C(=C1\SC(=O)NC1=O)C(=O)N2Cc1ccc(Cl)c(Cl)c1. The van der Waals surface area contributed by atoms with Gasteiger partial charge in [-0.2, -0.15) is 0 Å². The Balaban J connectivity index is 1.59. The van der Waals surface area contributed by atoms with Gasteiger partial charge in [0.25, 0.3) is 27.1 Å². The molecule has 0 atom stereocenters. The van der Waals surface area contributed by atoms with Gasteiger partial charge in [-0.1, -0.05) is 60.8 Å². The van der Waals surface area contributed by atoms with Crippen molar-refractivity contribution in [2.75, 3.05) is 9.62 Å². The minimum Gasteiger partial charge on any atom is -0.303 e. The number of aryl methyl sites for hydroxylation is 1. The van der Waals surface area contributed by atoms with Crippen molar-refractivity contribution in [3.8, 4) is 0 Å². The third kappa shape index (κ3) is 5.29. The summed E-state index contributed by atoms with van der Waals surface area (Å²) in [5.74, 6) is -1.25. The largest absolute Gasteiger partial charge is 0.303 e. The van der Waals surface area contributed by atoms with Crippen LogP contribution in [0, 0.1) is 0 Å². The van der Waals surface area contributed by atoms with Crippen molar-refractivity contribution in [2.45, 2.75) is 31.2 Å². The third-order valence-electron chi connectivity index (χ3n) is 6.25. The van der Waals surface area contributed by atoms with Crippen molar-refractivity contribution in [3.63, 3.8) is 0 Å². The van der Waals surface area contributed by atoms with Crippen molar-refractivity contribution >= 4 is 79.0 Å². The molecule has 0 radical (unpaired) electrons. The van der Waals surface area contributed by atoms with Gasteiger partial charge in [0.05, 0.1) is 43.3 Å². The number of anilines is 2. The number of carbonyl (C=O) groups excluding carboxylic acids is 3. The summed E-state index contributed by atoms with van der Waals surface area (Å²) in [6, 6.07) is 16.4. The number of carbonyl (C=O) groups is 3. The van der Waals surface area contributed by atoms with Gasteiger partial charge in [0.15, 0.2) is 0 Å². The molecule has 2 aliphatic rings. The van der Waals surface area contributed by atoms with Gasteiger partial charge in [-0.25, -0.2) is 8.42 Å². The van der Waals surface area contributed by atoms with E-state index in [2.05, 4.69) is 10.0 Å². The third-order valence-corrected chi connectivity index (χ3v) is 9.23. The predicted molar refractivity (Wildman–Crippen MR) is 153 cm³/mol. The van der Waals surface area contributed by atoms with Gasteiger partial charge in [0.2, 0.25) is 0 Å². The van der Waals surface area contributed by atoms with Crippen LogP contribution in [0.3, 0.4) is 0 Å². The van der Waals surface area contributed by atoms with Crippen molar-refractivity contribution in [2.24, 2.45) is 0 Å². The molecule has 200 valence electrons. The summed E-state index contributed by atoms with van der Waals surface area (Å²) in [5, 5.41) is 2.22. The summed E-state index contributed by atoms with van der Waals surface area (Å²) >= 11 is 12.8. The van der Waals surface area contributed by atoms with Gasteiger partial charge in [0.1, 0.15) is 0 Å². The summed E-state index contributed by atoms with van der Waals surface area (Å²) < 4.78 is 29.5. The van der Waals surface area contributed by atoms with E-state index in [0.717, 1.165) is 12.0 Å². The minimum absolute atomic E-state index is 0.0400. The molecule has 3 amide bonds. The van der Waals surface area contributed by atoms with E-state index in [-0.39, 0.29) is 27.5 Å². The van der Waals surface area contributed by atoms with Gasteiger partial charge < -0.3 is 4.90 Å². The minimum atomic E-state index is -4.06. The fourth-order valence-corrected chi connectivity index (χ4v) is 6.68.